The predicted molar refractivity (Wildman–Crippen MR) is 88.0 cm³/mol. The summed E-state index contributed by atoms with van der Waals surface area (Å²) in [6.07, 6.45) is 0.514. The molecule has 2 aromatic carbocycles. The summed E-state index contributed by atoms with van der Waals surface area (Å²) in [5.41, 5.74) is 1.75. The molecule has 0 bridgehead atoms. The van der Waals surface area contributed by atoms with E-state index in [9.17, 15) is 14.0 Å². The van der Waals surface area contributed by atoms with E-state index >= 15 is 0 Å². The molecule has 0 aliphatic rings. The number of benzene rings is 2. The number of halogens is 1. The van der Waals surface area contributed by atoms with E-state index in [1.165, 1.54) is 13.0 Å². The van der Waals surface area contributed by atoms with Crippen molar-refractivity contribution in [3.8, 4) is 0 Å². The maximum Gasteiger partial charge on any atom is 0.238 e. The van der Waals surface area contributed by atoms with Gasteiger partial charge in [-0.25, -0.2) is 4.39 Å². The number of rotatable bonds is 7. The zero-order chi connectivity index (χ0) is 16.7. The highest BCUT2D eigenvalue weighted by Crippen LogP contribution is 2.11. The number of hydrogen-bond donors (Lipinski definition) is 2. The van der Waals surface area contributed by atoms with Gasteiger partial charge in [0.2, 0.25) is 5.91 Å². The predicted octanol–water partition coefficient (Wildman–Crippen LogP) is 2.80. The zero-order valence-corrected chi connectivity index (χ0v) is 12.9. The number of ketones is 1. The number of nitrogens with one attached hydrogen (secondary N) is 2. The Bertz CT molecular complexity index is 701. The molecule has 0 saturated heterocycles. The molecule has 0 aliphatic carbocycles. The molecule has 120 valence electrons. The van der Waals surface area contributed by atoms with E-state index < -0.39 is 0 Å². The van der Waals surface area contributed by atoms with Crippen molar-refractivity contribution in [2.75, 3.05) is 18.4 Å². The lowest BCUT2D eigenvalue weighted by Gasteiger charge is -2.08. The molecule has 0 heterocycles. The summed E-state index contributed by atoms with van der Waals surface area (Å²) in [6, 6.07) is 13.4. The standard InChI is InChI=1S/C18H19FN2O2/c1-13(22)15-6-4-7-16(11-15)21-18(23)12-20-10-9-14-5-2-3-8-17(14)19/h2-8,11,20H,9-10,12H2,1H3,(H,21,23). The molecule has 2 rings (SSSR count). The molecule has 0 radical (unpaired) electrons. The van der Waals surface area contributed by atoms with Crippen LogP contribution in [0.15, 0.2) is 48.5 Å². The van der Waals surface area contributed by atoms with E-state index in [0.29, 0.717) is 29.8 Å². The number of anilines is 1. The van der Waals surface area contributed by atoms with Crippen molar-refractivity contribution in [1.82, 2.24) is 5.32 Å². The van der Waals surface area contributed by atoms with Crippen LogP contribution in [0.5, 0.6) is 0 Å². The van der Waals surface area contributed by atoms with Gasteiger partial charge in [0, 0.05) is 11.3 Å². The lowest BCUT2D eigenvalue weighted by molar-refractivity contribution is -0.115. The SMILES string of the molecule is CC(=O)c1cccc(NC(=O)CNCCc2ccccc2F)c1. The fourth-order valence-corrected chi connectivity index (χ4v) is 2.15. The number of carbonyl (C=O) groups is 2. The molecular weight excluding hydrogens is 295 g/mol. The summed E-state index contributed by atoms with van der Waals surface area (Å²) in [4.78, 5) is 23.1. The maximum atomic E-state index is 13.4. The first-order valence-corrected chi connectivity index (χ1v) is 7.41. The Morgan fingerprint density at radius 1 is 1.09 bits per heavy atom. The summed E-state index contributed by atoms with van der Waals surface area (Å²) in [5.74, 6) is -0.497. The quantitative estimate of drug-likeness (QED) is 0.610. The number of amides is 1. The van der Waals surface area contributed by atoms with Gasteiger partial charge in [-0.15, -0.1) is 0 Å². The third kappa shape index (κ3) is 5.30. The summed E-state index contributed by atoms with van der Waals surface area (Å²) >= 11 is 0. The third-order valence-electron chi connectivity index (χ3n) is 3.37. The van der Waals surface area contributed by atoms with E-state index in [2.05, 4.69) is 10.6 Å². The smallest absolute Gasteiger partial charge is 0.238 e. The first-order chi connectivity index (χ1) is 11.1. The molecular formula is C18H19FN2O2. The van der Waals surface area contributed by atoms with Crippen LogP contribution in [0.2, 0.25) is 0 Å². The Balaban J connectivity index is 1.76. The molecule has 0 spiro atoms. The first-order valence-electron chi connectivity index (χ1n) is 7.41. The number of Topliss-reactive ketones (excluding diaryl/α,β-unsaturated/α-hetero) is 1. The van der Waals surface area contributed by atoms with Crippen molar-refractivity contribution in [2.24, 2.45) is 0 Å². The number of carbonyl (C=O) groups excluding carboxylic acids is 2. The molecule has 0 fully saturated rings. The van der Waals surface area contributed by atoms with Crippen LogP contribution in [0.4, 0.5) is 10.1 Å². The van der Waals surface area contributed by atoms with Crippen LogP contribution < -0.4 is 10.6 Å². The maximum absolute atomic E-state index is 13.4. The minimum absolute atomic E-state index is 0.0517. The van der Waals surface area contributed by atoms with Crippen molar-refractivity contribution >= 4 is 17.4 Å². The monoisotopic (exact) mass is 314 g/mol. The minimum Gasteiger partial charge on any atom is -0.325 e. The second kappa shape index (κ2) is 8.19. The Morgan fingerprint density at radius 2 is 1.87 bits per heavy atom. The summed E-state index contributed by atoms with van der Waals surface area (Å²) in [7, 11) is 0. The molecule has 1 amide bonds. The molecule has 0 aliphatic heterocycles. The normalized spacial score (nSPS) is 10.3. The Morgan fingerprint density at radius 3 is 2.61 bits per heavy atom. The van der Waals surface area contributed by atoms with Gasteiger partial charge in [-0.1, -0.05) is 30.3 Å². The summed E-state index contributed by atoms with van der Waals surface area (Å²) in [6.45, 7) is 2.10. The van der Waals surface area contributed by atoms with Crippen LogP contribution in [0, 0.1) is 5.82 Å². The molecule has 0 aromatic heterocycles. The topological polar surface area (TPSA) is 58.2 Å². The number of hydrogen-bond acceptors (Lipinski definition) is 3. The fraction of sp³-hybridized carbons (Fsp3) is 0.222. The molecule has 4 nitrogen and oxygen atoms in total. The van der Waals surface area contributed by atoms with Gasteiger partial charge in [-0.3, -0.25) is 9.59 Å². The minimum atomic E-state index is -0.236. The van der Waals surface area contributed by atoms with Crippen LogP contribution in [0.3, 0.4) is 0 Å². The molecule has 5 heteroatoms. The van der Waals surface area contributed by atoms with Crippen molar-refractivity contribution in [1.29, 1.82) is 0 Å². The molecule has 0 unspecified atom stereocenters. The van der Waals surface area contributed by atoms with Crippen molar-refractivity contribution in [3.05, 3.63) is 65.5 Å². The van der Waals surface area contributed by atoms with Crippen molar-refractivity contribution in [2.45, 2.75) is 13.3 Å². The Kier molecular flexibility index (Phi) is 6.00. The van der Waals surface area contributed by atoms with Crippen LogP contribution >= 0.6 is 0 Å². The van der Waals surface area contributed by atoms with Gasteiger partial charge in [0.05, 0.1) is 6.54 Å². The van der Waals surface area contributed by atoms with E-state index in [0.717, 1.165) is 0 Å². The second-order valence-electron chi connectivity index (χ2n) is 5.20. The van der Waals surface area contributed by atoms with Crippen LogP contribution in [0.1, 0.15) is 22.8 Å². The zero-order valence-electron chi connectivity index (χ0n) is 12.9. The van der Waals surface area contributed by atoms with Crippen LogP contribution in [0.25, 0.3) is 0 Å². The van der Waals surface area contributed by atoms with E-state index in [-0.39, 0.29) is 24.1 Å². The van der Waals surface area contributed by atoms with E-state index in [1.807, 2.05) is 0 Å². The van der Waals surface area contributed by atoms with Gasteiger partial charge in [0.1, 0.15) is 5.82 Å². The molecule has 0 atom stereocenters. The second-order valence-corrected chi connectivity index (χ2v) is 5.20. The lowest BCUT2D eigenvalue weighted by Crippen LogP contribution is -2.29. The highest BCUT2D eigenvalue weighted by Gasteiger charge is 2.05. The first kappa shape index (κ1) is 16.8. The Labute approximate surface area is 134 Å². The highest BCUT2D eigenvalue weighted by atomic mass is 19.1. The van der Waals surface area contributed by atoms with Gasteiger partial charge in [-0.05, 0) is 43.7 Å². The molecule has 23 heavy (non-hydrogen) atoms. The van der Waals surface area contributed by atoms with Gasteiger partial charge < -0.3 is 10.6 Å². The van der Waals surface area contributed by atoms with E-state index in [4.69, 9.17) is 0 Å². The lowest BCUT2D eigenvalue weighted by atomic mass is 10.1. The molecule has 0 saturated carbocycles. The highest BCUT2D eigenvalue weighted by molar-refractivity contribution is 5.97. The largest absolute Gasteiger partial charge is 0.325 e. The van der Waals surface area contributed by atoms with Crippen LogP contribution in [-0.2, 0) is 11.2 Å². The van der Waals surface area contributed by atoms with Gasteiger partial charge in [0.15, 0.2) is 5.78 Å². The average Bonchev–Trinajstić information content (AvgIpc) is 2.53. The third-order valence-corrected chi connectivity index (χ3v) is 3.37. The molecule has 2 N–H and O–H groups in total. The summed E-state index contributed by atoms with van der Waals surface area (Å²) in [5, 5.41) is 5.69. The van der Waals surface area contributed by atoms with Gasteiger partial charge in [-0.2, -0.15) is 0 Å². The van der Waals surface area contributed by atoms with Crippen LogP contribution in [-0.4, -0.2) is 24.8 Å². The molecule has 2 aromatic rings. The van der Waals surface area contributed by atoms with Gasteiger partial charge in [0.25, 0.3) is 0 Å². The van der Waals surface area contributed by atoms with E-state index in [1.54, 1.807) is 42.5 Å². The van der Waals surface area contributed by atoms with Gasteiger partial charge >= 0.3 is 0 Å². The van der Waals surface area contributed by atoms with Crippen molar-refractivity contribution in [3.63, 3.8) is 0 Å². The average molecular weight is 314 g/mol. The summed E-state index contributed by atoms with van der Waals surface area (Å²) < 4.78 is 13.4. The van der Waals surface area contributed by atoms with Crippen molar-refractivity contribution < 1.29 is 14.0 Å². The fourth-order valence-electron chi connectivity index (χ4n) is 2.15. The Hall–Kier alpha value is -2.53.